The highest BCUT2D eigenvalue weighted by Gasteiger charge is 2.30. The maximum absolute atomic E-state index is 5.43. The van der Waals surface area contributed by atoms with Crippen LogP contribution < -0.4 is 10.2 Å². The first kappa shape index (κ1) is 18.1. The second kappa shape index (κ2) is 8.09. The Kier molecular flexibility index (Phi) is 5.84. The number of ether oxygens (including phenoxy) is 1. The molecule has 2 aliphatic heterocycles. The Morgan fingerprint density at radius 3 is 2.48 bits per heavy atom. The first-order chi connectivity index (χ1) is 12.1. The van der Waals surface area contributed by atoms with Crippen molar-refractivity contribution in [3.63, 3.8) is 0 Å². The molecule has 138 valence electrons. The van der Waals surface area contributed by atoms with Gasteiger partial charge in [0, 0.05) is 38.4 Å². The van der Waals surface area contributed by atoms with Crippen LogP contribution in [0.3, 0.4) is 0 Å². The number of benzene rings is 1. The number of aliphatic imine (C=N–C) groups is 1. The number of hydrogen-bond donors (Lipinski definition) is 1. The topological polar surface area (TPSA) is 40.1 Å². The summed E-state index contributed by atoms with van der Waals surface area (Å²) in [6, 6.07) is 8.82. The van der Waals surface area contributed by atoms with E-state index >= 15 is 0 Å². The van der Waals surface area contributed by atoms with Gasteiger partial charge < -0.3 is 19.9 Å². The summed E-state index contributed by atoms with van der Waals surface area (Å²) in [7, 11) is 0. The van der Waals surface area contributed by atoms with E-state index in [-0.39, 0.29) is 0 Å². The fraction of sp³-hybridized carbons (Fsp3) is 0.650. The molecule has 2 fully saturated rings. The molecule has 0 saturated carbocycles. The Hall–Kier alpha value is -1.75. The maximum Gasteiger partial charge on any atom is 0.194 e. The van der Waals surface area contributed by atoms with Gasteiger partial charge in [0.1, 0.15) is 0 Å². The molecule has 0 atom stereocenters. The third kappa shape index (κ3) is 4.88. The highest BCUT2D eigenvalue weighted by Crippen LogP contribution is 2.28. The fourth-order valence-electron chi connectivity index (χ4n) is 3.52. The maximum atomic E-state index is 5.43. The van der Waals surface area contributed by atoms with Gasteiger partial charge >= 0.3 is 0 Å². The normalized spacial score (nSPS) is 20.8. The Bertz CT molecular complexity index is 576. The molecule has 2 heterocycles. The lowest BCUT2D eigenvalue weighted by Gasteiger charge is -2.28. The molecule has 1 N–H and O–H groups in total. The molecule has 0 spiro atoms. The van der Waals surface area contributed by atoms with Gasteiger partial charge in [-0.2, -0.15) is 0 Å². The lowest BCUT2D eigenvalue weighted by atomic mass is 9.93. The van der Waals surface area contributed by atoms with Gasteiger partial charge in [-0.15, -0.1) is 0 Å². The minimum atomic E-state index is 0.385. The van der Waals surface area contributed by atoms with Crippen molar-refractivity contribution in [2.75, 3.05) is 50.8 Å². The molecule has 0 unspecified atom stereocenters. The second-order valence-corrected chi connectivity index (χ2v) is 7.77. The molecule has 2 aliphatic rings. The van der Waals surface area contributed by atoms with Crippen LogP contribution in [0.1, 0.15) is 32.8 Å². The first-order valence-electron chi connectivity index (χ1n) is 9.52. The van der Waals surface area contributed by atoms with Crippen molar-refractivity contribution in [1.29, 1.82) is 0 Å². The number of guanidine groups is 1. The molecule has 3 rings (SSSR count). The Balaban J connectivity index is 1.62. The molecular formula is C20H32N4O. The van der Waals surface area contributed by atoms with Crippen molar-refractivity contribution in [3.05, 3.63) is 29.8 Å². The first-order valence-corrected chi connectivity index (χ1v) is 9.52. The fourth-order valence-corrected chi connectivity index (χ4v) is 3.52. The standard InChI is InChI=1S/C20H32N4O/c1-4-21-19(24-10-9-20(2,3)16-24)22-15-17-5-7-18(8-6-17)23-11-13-25-14-12-23/h5-8H,4,9-16H2,1-3H3,(H,21,22). The van der Waals surface area contributed by atoms with Gasteiger partial charge in [0.15, 0.2) is 5.96 Å². The Labute approximate surface area is 152 Å². The zero-order chi connectivity index (χ0) is 17.7. The van der Waals surface area contributed by atoms with Crippen LogP contribution in [0.4, 0.5) is 5.69 Å². The van der Waals surface area contributed by atoms with E-state index in [0.29, 0.717) is 5.41 Å². The van der Waals surface area contributed by atoms with Gasteiger partial charge in [0.2, 0.25) is 0 Å². The molecule has 5 nitrogen and oxygen atoms in total. The summed E-state index contributed by atoms with van der Waals surface area (Å²) in [6.45, 7) is 14.2. The number of nitrogens with zero attached hydrogens (tertiary/aromatic N) is 3. The van der Waals surface area contributed by atoms with Crippen molar-refractivity contribution in [1.82, 2.24) is 10.2 Å². The molecule has 0 aromatic heterocycles. The van der Waals surface area contributed by atoms with Crippen molar-refractivity contribution in [3.8, 4) is 0 Å². The Morgan fingerprint density at radius 2 is 1.88 bits per heavy atom. The van der Waals surface area contributed by atoms with Gasteiger partial charge in [-0.1, -0.05) is 26.0 Å². The lowest BCUT2D eigenvalue weighted by molar-refractivity contribution is 0.122. The molecule has 25 heavy (non-hydrogen) atoms. The lowest BCUT2D eigenvalue weighted by Crippen LogP contribution is -2.40. The van der Waals surface area contributed by atoms with Crippen LogP contribution in [0.15, 0.2) is 29.3 Å². The van der Waals surface area contributed by atoms with Crippen LogP contribution >= 0.6 is 0 Å². The number of anilines is 1. The molecule has 1 aromatic carbocycles. The number of rotatable bonds is 4. The van der Waals surface area contributed by atoms with Crippen molar-refractivity contribution < 1.29 is 4.74 Å². The van der Waals surface area contributed by atoms with Crippen molar-refractivity contribution in [2.45, 2.75) is 33.7 Å². The highest BCUT2D eigenvalue weighted by atomic mass is 16.5. The summed E-state index contributed by atoms with van der Waals surface area (Å²) < 4.78 is 5.43. The van der Waals surface area contributed by atoms with Crippen molar-refractivity contribution in [2.24, 2.45) is 10.4 Å². The van der Waals surface area contributed by atoms with Gasteiger partial charge in [-0.25, -0.2) is 4.99 Å². The summed E-state index contributed by atoms with van der Waals surface area (Å²) in [6.07, 6.45) is 1.23. The van der Waals surface area contributed by atoms with Crippen LogP contribution in [-0.4, -0.2) is 56.8 Å². The number of hydrogen-bond acceptors (Lipinski definition) is 3. The zero-order valence-electron chi connectivity index (χ0n) is 15.9. The van der Waals surface area contributed by atoms with E-state index in [1.807, 2.05) is 0 Å². The van der Waals surface area contributed by atoms with E-state index in [1.54, 1.807) is 0 Å². The molecule has 0 amide bonds. The quantitative estimate of drug-likeness (QED) is 0.673. The third-order valence-electron chi connectivity index (χ3n) is 5.04. The van der Waals surface area contributed by atoms with Crippen molar-refractivity contribution >= 4 is 11.6 Å². The Morgan fingerprint density at radius 1 is 1.16 bits per heavy atom. The van der Waals surface area contributed by atoms with E-state index in [0.717, 1.165) is 58.4 Å². The van der Waals surface area contributed by atoms with E-state index in [2.05, 4.69) is 60.2 Å². The van der Waals surface area contributed by atoms with Crippen LogP contribution in [0, 0.1) is 5.41 Å². The van der Waals surface area contributed by atoms with Gasteiger partial charge in [-0.05, 0) is 36.5 Å². The predicted octanol–water partition coefficient (Wildman–Crippen LogP) is 2.72. The van der Waals surface area contributed by atoms with E-state index in [9.17, 15) is 0 Å². The SMILES string of the molecule is CCNC(=NCc1ccc(N2CCOCC2)cc1)N1CCC(C)(C)C1. The number of morpholine rings is 1. The minimum Gasteiger partial charge on any atom is -0.378 e. The average Bonchev–Trinajstić information content (AvgIpc) is 2.99. The van der Waals surface area contributed by atoms with E-state index in [1.165, 1.54) is 17.7 Å². The number of likely N-dealkylation sites (tertiary alicyclic amines) is 1. The van der Waals surface area contributed by atoms with Crippen LogP contribution in [0.25, 0.3) is 0 Å². The zero-order valence-corrected chi connectivity index (χ0v) is 15.9. The average molecular weight is 345 g/mol. The number of nitrogens with one attached hydrogen (secondary N) is 1. The summed E-state index contributed by atoms with van der Waals surface area (Å²) in [5.41, 5.74) is 2.92. The largest absolute Gasteiger partial charge is 0.378 e. The summed E-state index contributed by atoms with van der Waals surface area (Å²) in [4.78, 5) is 9.65. The van der Waals surface area contributed by atoms with Gasteiger partial charge in [0.25, 0.3) is 0 Å². The molecule has 0 bridgehead atoms. The molecule has 5 heteroatoms. The predicted molar refractivity (Wildman–Crippen MR) is 104 cm³/mol. The molecule has 1 aromatic rings. The molecule has 0 aliphatic carbocycles. The molecular weight excluding hydrogens is 312 g/mol. The smallest absolute Gasteiger partial charge is 0.194 e. The monoisotopic (exact) mass is 344 g/mol. The van der Waals surface area contributed by atoms with Crippen LogP contribution in [-0.2, 0) is 11.3 Å². The molecule has 0 radical (unpaired) electrons. The molecule has 2 saturated heterocycles. The highest BCUT2D eigenvalue weighted by molar-refractivity contribution is 5.80. The van der Waals surface area contributed by atoms with Gasteiger partial charge in [-0.3, -0.25) is 0 Å². The van der Waals surface area contributed by atoms with E-state index < -0.39 is 0 Å². The summed E-state index contributed by atoms with van der Waals surface area (Å²) in [5.74, 6) is 1.05. The summed E-state index contributed by atoms with van der Waals surface area (Å²) in [5, 5.41) is 3.45. The minimum absolute atomic E-state index is 0.385. The van der Waals surface area contributed by atoms with Crippen LogP contribution in [0.2, 0.25) is 0 Å². The third-order valence-corrected chi connectivity index (χ3v) is 5.04. The van der Waals surface area contributed by atoms with E-state index in [4.69, 9.17) is 9.73 Å². The second-order valence-electron chi connectivity index (χ2n) is 7.77. The summed E-state index contributed by atoms with van der Waals surface area (Å²) >= 11 is 0. The van der Waals surface area contributed by atoms with Crippen LogP contribution in [0.5, 0.6) is 0 Å². The van der Waals surface area contributed by atoms with Gasteiger partial charge in [0.05, 0.1) is 19.8 Å².